The molecule has 1 unspecified atom stereocenters. The zero-order valence-electron chi connectivity index (χ0n) is 44.5. The lowest BCUT2D eigenvalue weighted by Gasteiger charge is -2.48. The van der Waals surface area contributed by atoms with Crippen LogP contribution in [0.3, 0.4) is 0 Å². The molecule has 2 saturated carbocycles. The molecule has 3 aromatic carbocycles. The van der Waals surface area contributed by atoms with E-state index in [1.54, 1.807) is 19.2 Å². The molecule has 6 aromatic rings. The maximum absolute atomic E-state index is 15.0. The quantitative estimate of drug-likeness (QED) is 0.0599. The van der Waals surface area contributed by atoms with Gasteiger partial charge in [0.2, 0.25) is 0 Å². The molecule has 18 heteroatoms. The van der Waals surface area contributed by atoms with E-state index in [1.807, 2.05) is 0 Å². The molecule has 4 fully saturated rings. The molecule has 0 bridgehead atoms. The number of rotatable bonds is 18. The number of sulfonamides is 1. The van der Waals surface area contributed by atoms with Crippen molar-refractivity contribution in [3.8, 4) is 23.1 Å². The van der Waals surface area contributed by atoms with Crippen molar-refractivity contribution in [2.75, 3.05) is 70.8 Å². The highest BCUT2D eigenvalue weighted by atomic mass is 32.2. The number of ether oxygens (including phenoxy) is 3. The number of hydrogen-bond donors (Lipinski definition) is 4. The van der Waals surface area contributed by atoms with E-state index < -0.39 is 21.7 Å². The molecule has 3 aromatic heterocycles. The lowest BCUT2D eigenvalue weighted by molar-refractivity contribution is -0.751. The number of aromatic amines is 1. The van der Waals surface area contributed by atoms with Crippen LogP contribution < -0.4 is 34.2 Å². The summed E-state index contributed by atoms with van der Waals surface area (Å²) < 4.78 is 63.1. The molecule has 1 amide bonds. The number of methoxy groups -OCH3 is 2. The molecule has 2 aliphatic heterocycles. The van der Waals surface area contributed by atoms with Gasteiger partial charge in [-0.15, -0.1) is 0 Å². The highest BCUT2D eigenvalue weighted by molar-refractivity contribution is 7.90. The van der Waals surface area contributed by atoms with Crippen molar-refractivity contribution < 1.29 is 36.9 Å². The summed E-state index contributed by atoms with van der Waals surface area (Å²) in [7, 11) is -0.0388. The number of H-pyrrole nitrogens is 1. The Kier molecular flexibility index (Phi) is 15.9. The number of carbonyl (C=O) groups is 1. The molecular weight excluding hydrogens is 986 g/mol. The summed E-state index contributed by atoms with van der Waals surface area (Å²) in [6.45, 7) is 12.4. The molecule has 2 aliphatic carbocycles. The van der Waals surface area contributed by atoms with Crippen LogP contribution in [0, 0.1) is 22.9 Å². The van der Waals surface area contributed by atoms with Gasteiger partial charge in [0, 0.05) is 88.0 Å². The van der Waals surface area contributed by atoms with Gasteiger partial charge in [0.05, 0.1) is 38.4 Å². The third kappa shape index (κ3) is 11.7. The van der Waals surface area contributed by atoms with Crippen molar-refractivity contribution in [3.63, 3.8) is 0 Å². The van der Waals surface area contributed by atoms with Crippen molar-refractivity contribution >= 4 is 44.2 Å². The number of hydrogen-bond acceptors (Lipinski definition) is 13. The number of benzene rings is 3. The van der Waals surface area contributed by atoms with Crippen molar-refractivity contribution in [1.82, 2.24) is 29.5 Å². The number of carbonyl (C=O) groups excluding carboxylic acids is 1. The number of nitrogens with one attached hydrogen (secondary N) is 4. The summed E-state index contributed by atoms with van der Waals surface area (Å²) >= 11 is 0. The Bertz CT molecular complexity index is 3150. The third-order valence-corrected chi connectivity index (χ3v) is 17.4. The number of hydroxylamine groups is 1. The van der Waals surface area contributed by atoms with E-state index in [9.17, 15) is 22.8 Å². The van der Waals surface area contributed by atoms with Gasteiger partial charge in [0.15, 0.2) is 17.3 Å². The molecule has 404 valence electrons. The van der Waals surface area contributed by atoms with Crippen LogP contribution in [0.1, 0.15) is 123 Å². The molecule has 0 radical (unpaired) electrons. The van der Waals surface area contributed by atoms with Crippen molar-refractivity contribution in [2.45, 2.75) is 107 Å². The zero-order chi connectivity index (χ0) is 53.3. The topological polar surface area (TPSA) is 182 Å². The number of piperidine rings is 1. The second-order valence-corrected chi connectivity index (χ2v) is 23.4. The van der Waals surface area contributed by atoms with Crippen molar-refractivity contribution in [2.24, 2.45) is 11.8 Å². The van der Waals surface area contributed by atoms with Crippen LogP contribution in [0.2, 0.25) is 0 Å². The second-order valence-electron chi connectivity index (χ2n) is 21.7. The smallest absolute Gasteiger partial charge is 0.268 e. The molecular formula is C58H72FN9O7S. The summed E-state index contributed by atoms with van der Waals surface area (Å²) in [6, 6.07) is 23.8. The second kappa shape index (κ2) is 22.7. The average Bonchev–Trinajstić information content (AvgIpc) is 4.22. The van der Waals surface area contributed by atoms with E-state index in [2.05, 4.69) is 103 Å². The lowest BCUT2D eigenvalue weighted by atomic mass is 9.83. The molecule has 16 nitrogen and oxygen atoms in total. The molecule has 76 heavy (non-hydrogen) atoms. The number of nitrogens with zero attached hydrogens (tertiary/aromatic N) is 5. The molecule has 4 aliphatic rings. The van der Waals surface area contributed by atoms with Gasteiger partial charge in [0.1, 0.15) is 27.9 Å². The van der Waals surface area contributed by atoms with E-state index in [0.29, 0.717) is 55.2 Å². The third-order valence-electron chi connectivity index (χ3n) is 16.1. The van der Waals surface area contributed by atoms with Crippen LogP contribution >= 0.6 is 0 Å². The van der Waals surface area contributed by atoms with Crippen LogP contribution in [-0.2, 0) is 16.6 Å². The van der Waals surface area contributed by atoms with E-state index in [4.69, 9.17) is 14.2 Å². The first kappa shape index (κ1) is 53.1. The largest absolute Gasteiger partial charge is 0.629 e. The lowest BCUT2D eigenvalue weighted by Crippen LogP contribution is -2.98. The Morgan fingerprint density at radius 3 is 2.39 bits per heavy atom. The van der Waals surface area contributed by atoms with E-state index in [1.165, 1.54) is 73.6 Å². The van der Waals surface area contributed by atoms with Gasteiger partial charge in [-0.25, -0.2) is 22.5 Å². The standard InChI is InChI=1S/C58H72FN9O7S/c1-36(2)44-9-7-8-10-46(44)51-35-66(34-39-15-19-45(40-16-17-40)52(27-39)73-5)25-26-68(51)41-21-23-67(24-22-41)42-18-20-47(53(28-42)75-54-30-48-49(59)33-62-55(48)63-58(54)74-6)57(69)64-76(71,72)43-29-50(65(4)70)56(61-32-43)60-31-38-13-11-37(3)12-14-38/h7-10,15,18-20,27-30,32-33,36-38,40-41,51,65H,11-14,16-17,21-26,31,34-35H2,1-6H3,(H,60,61)(H,62,63)(H,64,69)/t37-,38+,51-/m0/s1. The number of anilines is 2. The maximum atomic E-state index is 15.0. The van der Waals surface area contributed by atoms with Gasteiger partial charge < -0.3 is 39.7 Å². The van der Waals surface area contributed by atoms with Crippen LogP contribution in [0.15, 0.2) is 90.1 Å². The molecule has 5 heterocycles. The molecule has 4 N–H and O–H groups in total. The molecule has 10 rings (SSSR count). The fraction of sp³-hybridized carbons (Fsp3) is 0.466. The monoisotopic (exact) mass is 1060 g/mol. The van der Waals surface area contributed by atoms with Crippen LogP contribution in [0.25, 0.3) is 11.0 Å². The van der Waals surface area contributed by atoms with Gasteiger partial charge >= 0.3 is 0 Å². The van der Waals surface area contributed by atoms with E-state index in [-0.39, 0.29) is 55.7 Å². The number of amides is 1. The maximum Gasteiger partial charge on any atom is 0.268 e. The molecule has 2 atom stereocenters. The minimum atomic E-state index is -4.57. The Morgan fingerprint density at radius 2 is 1.67 bits per heavy atom. The summed E-state index contributed by atoms with van der Waals surface area (Å²) in [5.41, 5.74) is 6.30. The Labute approximate surface area is 446 Å². The van der Waals surface area contributed by atoms with Gasteiger partial charge in [-0.05, 0) is 103 Å². The Balaban J connectivity index is 0.888. The highest BCUT2D eigenvalue weighted by Crippen LogP contribution is 2.45. The fourth-order valence-electron chi connectivity index (χ4n) is 11.7. The minimum Gasteiger partial charge on any atom is -0.629 e. The summed E-state index contributed by atoms with van der Waals surface area (Å²) in [6.07, 6.45) is 10.9. The first-order chi connectivity index (χ1) is 36.7. The van der Waals surface area contributed by atoms with Crippen molar-refractivity contribution in [1.29, 1.82) is 0 Å². The van der Waals surface area contributed by atoms with Crippen LogP contribution in [0.5, 0.6) is 23.1 Å². The number of quaternary nitrogens is 1. The first-order valence-electron chi connectivity index (χ1n) is 27.0. The Morgan fingerprint density at radius 1 is 0.895 bits per heavy atom. The van der Waals surface area contributed by atoms with Gasteiger partial charge in [-0.3, -0.25) is 14.6 Å². The summed E-state index contributed by atoms with van der Waals surface area (Å²) in [5.74, 6) is 1.87. The number of pyridine rings is 2. The first-order valence-corrected chi connectivity index (χ1v) is 28.5. The van der Waals surface area contributed by atoms with Gasteiger partial charge in [-0.2, -0.15) is 4.98 Å². The minimum absolute atomic E-state index is 0.00296. The number of fused-ring (bicyclic) bond motifs is 1. The average molecular weight is 1060 g/mol. The highest BCUT2D eigenvalue weighted by Gasteiger charge is 2.37. The van der Waals surface area contributed by atoms with E-state index >= 15 is 0 Å². The number of aromatic nitrogens is 3. The normalized spacial score (nSPS) is 20.4. The number of halogens is 1. The fourth-order valence-corrected chi connectivity index (χ4v) is 12.6. The molecule has 0 spiro atoms. The van der Waals surface area contributed by atoms with Gasteiger partial charge in [-0.1, -0.05) is 70.0 Å². The number of piperazine rings is 1. The van der Waals surface area contributed by atoms with Crippen molar-refractivity contribution in [3.05, 3.63) is 124 Å². The SMILES string of the molecule is COc1cc(CN2CCN(C3CCN(c4ccc(C(=O)NS(=O)(=O)c5cnc(NC[C@H]6CC[C@@H](C)CC6)c([NH+](C)[O-])c5)c(Oc5cc6c(F)c[nH]c6nc5OC)c4)CC3)[C@H](c3ccccc3C(C)C)C2)ccc1C1CC1. The van der Waals surface area contributed by atoms with E-state index in [0.717, 1.165) is 82.3 Å². The predicted octanol–water partition coefficient (Wildman–Crippen LogP) is 9.44. The zero-order valence-corrected chi connectivity index (χ0v) is 45.4. The summed E-state index contributed by atoms with van der Waals surface area (Å²) in [5, 5.41) is 15.9. The predicted molar refractivity (Wildman–Crippen MR) is 293 cm³/mol. The van der Waals surface area contributed by atoms with Crippen LogP contribution in [-0.4, -0.2) is 106 Å². The van der Waals surface area contributed by atoms with Crippen LogP contribution in [0.4, 0.5) is 21.6 Å². The molecule has 2 saturated heterocycles. The van der Waals surface area contributed by atoms with Gasteiger partial charge in [0.25, 0.3) is 21.8 Å². The summed E-state index contributed by atoms with van der Waals surface area (Å²) in [4.78, 5) is 33.1. The Hall–Kier alpha value is -6.31.